The minimum atomic E-state index is -1.01. The first-order valence-corrected chi connectivity index (χ1v) is 9.38. The van der Waals surface area contributed by atoms with E-state index in [1.54, 1.807) is 36.4 Å². The van der Waals surface area contributed by atoms with Crippen LogP contribution in [0.2, 0.25) is 0 Å². The van der Waals surface area contributed by atoms with Crippen LogP contribution in [0.3, 0.4) is 0 Å². The smallest absolute Gasteiger partial charge is 0.340 e. The maximum absolute atomic E-state index is 13.2. The van der Waals surface area contributed by atoms with E-state index in [1.807, 2.05) is 50.2 Å². The van der Waals surface area contributed by atoms with Crippen molar-refractivity contribution in [2.45, 2.75) is 20.0 Å². The Kier molecular flexibility index (Phi) is 5.87. The van der Waals surface area contributed by atoms with E-state index in [0.717, 1.165) is 11.1 Å². The van der Waals surface area contributed by atoms with Gasteiger partial charge in [0, 0.05) is 15.6 Å². The molecule has 0 fully saturated rings. The van der Waals surface area contributed by atoms with E-state index in [0.29, 0.717) is 21.2 Å². The molecule has 0 saturated heterocycles. The van der Waals surface area contributed by atoms with Gasteiger partial charge in [-0.2, -0.15) is 0 Å². The predicted octanol–water partition coefficient (Wildman–Crippen LogP) is 5.85. The highest BCUT2D eigenvalue weighted by Crippen LogP contribution is 2.26. The molecular weight excluding hydrogens is 404 g/mol. The van der Waals surface area contributed by atoms with Crippen LogP contribution in [-0.4, -0.2) is 11.8 Å². The van der Waals surface area contributed by atoms with Gasteiger partial charge in [-0.1, -0.05) is 54.6 Å². The lowest BCUT2D eigenvalue weighted by Crippen LogP contribution is -2.20. The van der Waals surface area contributed by atoms with Gasteiger partial charge in [0.2, 0.25) is 5.78 Å². The largest absolute Gasteiger partial charge is 0.445 e. The summed E-state index contributed by atoms with van der Waals surface area (Å²) < 4.78 is 6.30. The van der Waals surface area contributed by atoms with E-state index in [1.165, 1.54) is 0 Å². The van der Waals surface area contributed by atoms with Crippen LogP contribution in [0, 0.1) is 13.8 Å². The second kappa shape index (κ2) is 8.31. The van der Waals surface area contributed by atoms with Crippen molar-refractivity contribution >= 4 is 27.7 Å². The second-order valence-electron chi connectivity index (χ2n) is 6.34. The molecule has 3 aromatic rings. The number of hydrogen-bond donors (Lipinski definition) is 0. The Hall–Kier alpha value is -2.72. The second-order valence-corrected chi connectivity index (χ2v) is 7.19. The average Bonchev–Trinajstić information content (AvgIpc) is 2.68. The minimum Gasteiger partial charge on any atom is -0.445 e. The number of hydrogen-bond acceptors (Lipinski definition) is 3. The molecular formula is C23H19BrO3. The normalized spacial score (nSPS) is 11.7. The summed E-state index contributed by atoms with van der Waals surface area (Å²) in [5, 5.41) is 0. The lowest BCUT2D eigenvalue weighted by atomic mass is 9.97. The van der Waals surface area contributed by atoms with Crippen molar-refractivity contribution in [1.82, 2.24) is 0 Å². The fourth-order valence-electron chi connectivity index (χ4n) is 2.74. The number of rotatable bonds is 5. The van der Waals surface area contributed by atoms with Crippen LogP contribution in [0.1, 0.15) is 43.5 Å². The maximum atomic E-state index is 13.2. The van der Waals surface area contributed by atoms with Crippen LogP contribution in [0.25, 0.3) is 0 Å². The molecule has 0 heterocycles. The van der Waals surface area contributed by atoms with Crippen molar-refractivity contribution in [3.05, 3.63) is 105 Å². The van der Waals surface area contributed by atoms with E-state index in [2.05, 4.69) is 15.9 Å². The molecule has 136 valence electrons. The van der Waals surface area contributed by atoms with Gasteiger partial charge < -0.3 is 4.74 Å². The molecule has 0 spiro atoms. The summed E-state index contributed by atoms with van der Waals surface area (Å²) in [6.45, 7) is 3.95. The van der Waals surface area contributed by atoms with Gasteiger partial charge in [-0.25, -0.2) is 4.79 Å². The fourth-order valence-corrected chi connectivity index (χ4v) is 3.19. The number of esters is 1. The fraction of sp³-hybridized carbons (Fsp3) is 0.130. The summed E-state index contributed by atoms with van der Waals surface area (Å²) in [5.41, 5.74) is 3.66. The molecule has 0 aromatic heterocycles. The molecule has 0 aliphatic rings. The van der Waals surface area contributed by atoms with Gasteiger partial charge in [0.05, 0.1) is 5.56 Å². The summed E-state index contributed by atoms with van der Waals surface area (Å²) in [6, 6.07) is 21.6. The van der Waals surface area contributed by atoms with Gasteiger partial charge in [0.15, 0.2) is 6.10 Å². The minimum absolute atomic E-state index is 0.246. The number of carbonyl (C=O) groups is 2. The molecule has 3 aromatic carbocycles. The first-order chi connectivity index (χ1) is 13.0. The molecule has 0 unspecified atom stereocenters. The first-order valence-electron chi connectivity index (χ1n) is 8.59. The number of Topliss-reactive ketones (excluding diaryl/α,β-unsaturated/α-hetero) is 1. The van der Waals surface area contributed by atoms with Crippen LogP contribution in [0.15, 0.2) is 77.3 Å². The summed E-state index contributed by atoms with van der Waals surface area (Å²) in [6.07, 6.45) is -1.01. The van der Waals surface area contributed by atoms with Crippen molar-refractivity contribution in [2.75, 3.05) is 0 Å². The van der Waals surface area contributed by atoms with Crippen LogP contribution < -0.4 is 0 Å². The predicted molar refractivity (Wildman–Crippen MR) is 109 cm³/mol. The van der Waals surface area contributed by atoms with E-state index in [-0.39, 0.29) is 5.78 Å². The Balaban J connectivity index is 1.96. The van der Waals surface area contributed by atoms with E-state index < -0.39 is 12.1 Å². The summed E-state index contributed by atoms with van der Waals surface area (Å²) >= 11 is 3.36. The highest BCUT2D eigenvalue weighted by Gasteiger charge is 2.27. The van der Waals surface area contributed by atoms with Crippen LogP contribution in [0.4, 0.5) is 0 Å². The van der Waals surface area contributed by atoms with Crippen molar-refractivity contribution in [1.29, 1.82) is 0 Å². The first kappa shape index (κ1) is 19.1. The molecule has 0 N–H and O–H groups in total. The van der Waals surface area contributed by atoms with E-state index in [4.69, 9.17) is 4.74 Å². The highest BCUT2D eigenvalue weighted by molar-refractivity contribution is 9.10. The Labute approximate surface area is 167 Å². The van der Waals surface area contributed by atoms with Gasteiger partial charge >= 0.3 is 5.97 Å². The summed E-state index contributed by atoms with van der Waals surface area (Å²) in [4.78, 5) is 25.9. The summed E-state index contributed by atoms with van der Waals surface area (Å²) in [7, 11) is 0. The summed E-state index contributed by atoms with van der Waals surface area (Å²) in [5.74, 6) is -0.793. The molecule has 0 radical (unpaired) electrons. The standard InChI is InChI=1S/C23H19BrO3/c1-15-12-13-18(14-16(15)2)21(25)22(17-8-4-3-5-9-17)27-23(26)19-10-6-7-11-20(19)24/h3-14,22H,1-2H3/t22-/m1/s1. The third-order valence-corrected chi connectivity index (χ3v) is 5.14. The van der Waals surface area contributed by atoms with Crippen LogP contribution in [-0.2, 0) is 4.74 Å². The van der Waals surface area contributed by atoms with Gasteiger partial charge in [0.1, 0.15) is 0 Å². The number of benzene rings is 3. The van der Waals surface area contributed by atoms with Crippen molar-refractivity contribution in [3.8, 4) is 0 Å². The highest BCUT2D eigenvalue weighted by atomic mass is 79.9. The topological polar surface area (TPSA) is 43.4 Å². The van der Waals surface area contributed by atoms with Crippen molar-refractivity contribution in [2.24, 2.45) is 0 Å². The van der Waals surface area contributed by atoms with Gasteiger partial charge in [-0.3, -0.25) is 4.79 Å². The quantitative estimate of drug-likeness (QED) is 0.382. The molecule has 4 heteroatoms. The third kappa shape index (κ3) is 4.34. The number of halogens is 1. The monoisotopic (exact) mass is 422 g/mol. The van der Waals surface area contributed by atoms with Gasteiger partial charge in [-0.15, -0.1) is 0 Å². The van der Waals surface area contributed by atoms with E-state index >= 15 is 0 Å². The van der Waals surface area contributed by atoms with Crippen molar-refractivity contribution in [3.63, 3.8) is 0 Å². The zero-order valence-electron chi connectivity index (χ0n) is 15.1. The molecule has 0 aliphatic carbocycles. The lowest BCUT2D eigenvalue weighted by molar-refractivity contribution is 0.0279. The Morgan fingerprint density at radius 1 is 0.852 bits per heavy atom. The SMILES string of the molecule is Cc1ccc(C(=O)[C@H](OC(=O)c2ccccc2Br)c2ccccc2)cc1C. The molecule has 3 nitrogen and oxygen atoms in total. The molecule has 3 rings (SSSR count). The number of aryl methyl sites for hydroxylation is 2. The maximum Gasteiger partial charge on any atom is 0.340 e. The molecule has 0 aliphatic heterocycles. The number of ether oxygens (including phenoxy) is 1. The molecule has 27 heavy (non-hydrogen) atoms. The van der Waals surface area contributed by atoms with Crippen LogP contribution in [0.5, 0.6) is 0 Å². The third-order valence-electron chi connectivity index (χ3n) is 4.45. The van der Waals surface area contributed by atoms with Crippen molar-refractivity contribution < 1.29 is 14.3 Å². The molecule has 0 bridgehead atoms. The van der Waals surface area contributed by atoms with Gasteiger partial charge in [-0.05, 0) is 59.1 Å². The lowest BCUT2D eigenvalue weighted by Gasteiger charge is -2.18. The molecule has 1 atom stereocenters. The number of carbonyl (C=O) groups excluding carboxylic acids is 2. The molecule has 0 saturated carbocycles. The Morgan fingerprint density at radius 2 is 1.52 bits per heavy atom. The van der Waals surface area contributed by atoms with Gasteiger partial charge in [0.25, 0.3) is 0 Å². The van der Waals surface area contributed by atoms with Crippen LogP contribution >= 0.6 is 15.9 Å². The zero-order valence-corrected chi connectivity index (χ0v) is 16.7. The average molecular weight is 423 g/mol. The van der Waals surface area contributed by atoms with E-state index in [9.17, 15) is 9.59 Å². The Bertz CT molecular complexity index is 980. The molecule has 0 amide bonds. The zero-order chi connectivity index (χ0) is 19.4. The number of ketones is 1. The Morgan fingerprint density at radius 3 is 2.19 bits per heavy atom.